The summed E-state index contributed by atoms with van der Waals surface area (Å²) in [6.07, 6.45) is 9.11. The van der Waals surface area contributed by atoms with Crippen molar-refractivity contribution in [1.29, 1.82) is 5.26 Å². The van der Waals surface area contributed by atoms with Crippen molar-refractivity contribution in [2.75, 3.05) is 33.3 Å². The monoisotopic (exact) mass is 405 g/mol. The molecule has 2 aliphatic rings. The number of nitrogens with one attached hydrogen (secondary N) is 1. The zero-order valence-corrected chi connectivity index (χ0v) is 16.8. The van der Waals surface area contributed by atoms with E-state index in [9.17, 15) is 10.1 Å². The number of pyridine rings is 1. The van der Waals surface area contributed by atoms with E-state index in [2.05, 4.69) is 21.6 Å². The van der Waals surface area contributed by atoms with Crippen LogP contribution in [0.15, 0.2) is 30.9 Å². The number of piperidine rings is 1. The van der Waals surface area contributed by atoms with Crippen LogP contribution in [-0.2, 0) is 4.79 Å². The molecule has 0 radical (unpaired) electrons. The normalized spacial score (nSPS) is 17.7. The molecule has 2 saturated heterocycles. The molecule has 5 rings (SSSR count). The second-order valence-electron chi connectivity index (χ2n) is 7.88. The summed E-state index contributed by atoms with van der Waals surface area (Å²) >= 11 is 0. The second-order valence-corrected chi connectivity index (χ2v) is 7.88. The lowest BCUT2D eigenvalue weighted by atomic mass is 9.98. The molecule has 9 heteroatoms. The van der Waals surface area contributed by atoms with Gasteiger partial charge in [0.1, 0.15) is 22.9 Å². The number of fused-ring (bicyclic) bond motifs is 1. The van der Waals surface area contributed by atoms with E-state index in [1.165, 1.54) is 0 Å². The first kappa shape index (κ1) is 18.6. The van der Waals surface area contributed by atoms with E-state index in [0.29, 0.717) is 16.8 Å². The molecule has 0 unspecified atom stereocenters. The molecule has 154 valence electrons. The third-order valence-corrected chi connectivity index (χ3v) is 6.13. The van der Waals surface area contributed by atoms with Crippen molar-refractivity contribution in [2.24, 2.45) is 5.92 Å². The lowest BCUT2D eigenvalue weighted by Crippen LogP contribution is -2.53. The van der Waals surface area contributed by atoms with Gasteiger partial charge in [-0.2, -0.15) is 15.5 Å². The fourth-order valence-electron chi connectivity index (χ4n) is 4.24. The summed E-state index contributed by atoms with van der Waals surface area (Å²) in [7, 11) is 1.59. The van der Waals surface area contributed by atoms with E-state index in [-0.39, 0.29) is 17.9 Å². The van der Waals surface area contributed by atoms with Crippen molar-refractivity contribution in [3.63, 3.8) is 0 Å². The van der Waals surface area contributed by atoms with Gasteiger partial charge in [0, 0.05) is 49.7 Å². The molecule has 5 heterocycles. The minimum atomic E-state index is 0.159. The fourth-order valence-corrected chi connectivity index (χ4v) is 4.24. The second kappa shape index (κ2) is 7.46. The number of ether oxygens (including phenoxy) is 1. The van der Waals surface area contributed by atoms with Gasteiger partial charge in [0.25, 0.3) is 0 Å². The average Bonchev–Trinajstić information content (AvgIpc) is 3.39. The predicted octanol–water partition coefficient (Wildman–Crippen LogP) is 1.46. The molecule has 1 amide bonds. The maximum absolute atomic E-state index is 12.4. The molecule has 1 N–H and O–H groups in total. The fraction of sp³-hybridized carbons (Fsp3) is 0.429. The van der Waals surface area contributed by atoms with E-state index in [4.69, 9.17) is 4.74 Å². The molecule has 0 bridgehead atoms. The number of aromatic nitrogens is 4. The Hall–Kier alpha value is -3.38. The summed E-state index contributed by atoms with van der Waals surface area (Å²) in [5.74, 6) is 1.04. The number of methoxy groups -OCH3 is 1. The van der Waals surface area contributed by atoms with Gasteiger partial charge in [-0.3, -0.25) is 9.48 Å². The molecule has 0 spiro atoms. The highest BCUT2D eigenvalue weighted by Crippen LogP contribution is 2.31. The van der Waals surface area contributed by atoms with Crippen LogP contribution < -0.4 is 10.1 Å². The predicted molar refractivity (Wildman–Crippen MR) is 109 cm³/mol. The molecular formula is C21H23N7O2. The Labute approximate surface area is 173 Å². The first-order chi connectivity index (χ1) is 14.7. The van der Waals surface area contributed by atoms with Crippen LogP contribution in [0.2, 0.25) is 0 Å². The number of rotatable bonds is 4. The van der Waals surface area contributed by atoms with Gasteiger partial charge < -0.3 is 15.0 Å². The Balaban J connectivity index is 1.34. The lowest BCUT2D eigenvalue weighted by Gasteiger charge is -2.37. The van der Waals surface area contributed by atoms with E-state index in [0.717, 1.165) is 50.1 Å². The standard InChI is InChI=1S/C21H23N7O2/c1-30-19-6-14(12-28-20(19)15(7-22)10-25-28)17-11-24-27(13-17)18-2-4-26(5-3-18)21(29)16-8-23-9-16/h6,10-13,16,18,23H,2-5,8-9H2,1H3. The molecule has 9 nitrogen and oxygen atoms in total. The van der Waals surface area contributed by atoms with Gasteiger partial charge in [-0.15, -0.1) is 0 Å². The topological polar surface area (TPSA) is 100 Å². The van der Waals surface area contributed by atoms with Crippen molar-refractivity contribution >= 4 is 11.4 Å². The first-order valence-corrected chi connectivity index (χ1v) is 10.2. The van der Waals surface area contributed by atoms with Crippen molar-refractivity contribution < 1.29 is 9.53 Å². The number of likely N-dealkylation sites (tertiary alicyclic amines) is 1. The third kappa shape index (κ3) is 3.09. The number of nitriles is 1. The van der Waals surface area contributed by atoms with Gasteiger partial charge >= 0.3 is 0 Å². The van der Waals surface area contributed by atoms with Crippen LogP contribution in [0.5, 0.6) is 5.75 Å². The van der Waals surface area contributed by atoms with Crippen molar-refractivity contribution in [2.45, 2.75) is 18.9 Å². The number of hydrogen-bond donors (Lipinski definition) is 1. The minimum Gasteiger partial charge on any atom is -0.494 e. The molecule has 0 aromatic carbocycles. The lowest BCUT2D eigenvalue weighted by molar-refractivity contribution is -0.138. The number of nitrogens with zero attached hydrogens (tertiary/aromatic N) is 6. The van der Waals surface area contributed by atoms with Crippen LogP contribution in [0.1, 0.15) is 24.4 Å². The maximum Gasteiger partial charge on any atom is 0.228 e. The van der Waals surface area contributed by atoms with Gasteiger partial charge in [-0.05, 0) is 18.9 Å². The quantitative estimate of drug-likeness (QED) is 0.705. The van der Waals surface area contributed by atoms with Gasteiger partial charge in [0.15, 0.2) is 0 Å². The minimum absolute atomic E-state index is 0.159. The maximum atomic E-state index is 12.4. The molecule has 2 aliphatic heterocycles. The van der Waals surface area contributed by atoms with Gasteiger partial charge in [-0.25, -0.2) is 4.52 Å². The molecular weight excluding hydrogens is 382 g/mol. The molecule has 2 fully saturated rings. The molecule has 3 aromatic heterocycles. The van der Waals surface area contributed by atoms with Crippen molar-refractivity contribution in [3.05, 3.63) is 36.4 Å². The highest BCUT2D eigenvalue weighted by atomic mass is 16.5. The van der Waals surface area contributed by atoms with Crippen LogP contribution in [-0.4, -0.2) is 63.5 Å². The summed E-state index contributed by atoms with van der Waals surface area (Å²) in [5.41, 5.74) is 3.02. The van der Waals surface area contributed by atoms with Crippen LogP contribution in [0.3, 0.4) is 0 Å². The smallest absolute Gasteiger partial charge is 0.228 e. The van der Waals surface area contributed by atoms with E-state index >= 15 is 0 Å². The first-order valence-electron chi connectivity index (χ1n) is 10.2. The Kier molecular flexibility index (Phi) is 4.64. The highest BCUT2D eigenvalue weighted by molar-refractivity contribution is 5.80. The van der Waals surface area contributed by atoms with Crippen LogP contribution in [0, 0.1) is 17.2 Å². The molecule has 3 aromatic rings. The van der Waals surface area contributed by atoms with E-state index in [1.54, 1.807) is 17.8 Å². The SMILES string of the molecule is COc1cc(-c2cnn(C3CCN(C(=O)C4CNC4)CC3)c2)cn2ncc(C#N)c12. The summed E-state index contributed by atoms with van der Waals surface area (Å²) in [4.78, 5) is 14.4. The average molecular weight is 405 g/mol. The van der Waals surface area contributed by atoms with Crippen molar-refractivity contribution in [3.8, 4) is 22.9 Å². The molecule has 0 atom stereocenters. The molecule has 0 aliphatic carbocycles. The summed E-state index contributed by atoms with van der Waals surface area (Å²) in [6.45, 7) is 3.17. The number of carbonyl (C=O) groups is 1. The Morgan fingerprint density at radius 3 is 2.67 bits per heavy atom. The van der Waals surface area contributed by atoms with Crippen LogP contribution in [0.4, 0.5) is 0 Å². The van der Waals surface area contributed by atoms with Gasteiger partial charge in [0.05, 0.1) is 31.5 Å². The number of carbonyl (C=O) groups excluding carboxylic acids is 1. The summed E-state index contributed by atoms with van der Waals surface area (Å²) < 4.78 is 9.17. The number of amides is 1. The third-order valence-electron chi connectivity index (χ3n) is 6.13. The zero-order chi connectivity index (χ0) is 20.7. The van der Waals surface area contributed by atoms with Gasteiger partial charge in [0.2, 0.25) is 5.91 Å². The highest BCUT2D eigenvalue weighted by Gasteiger charge is 2.32. The summed E-state index contributed by atoms with van der Waals surface area (Å²) in [6, 6.07) is 4.34. The van der Waals surface area contributed by atoms with Crippen molar-refractivity contribution in [1.82, 2.24) is 29.6 Å². The Morgan fingerprint density at radius 2 is 2.00 bits per heavy atom. The van der Waals surface area contributed by atoms with Crippen LogP contribution >= 0.6 is 0 Å². The van der Waals surface area contributed by atoms with E-state index in [1.807, 2.05) is 34.2 Å². The van der Waals surface area contributed by atoms with E-state index < -0.39 is 0 Å². The Morgan fingerprint density at radius 1 is 1.20 bits per heavy atom. The van der Waals surface area contributed by atoms with Crippen LogP contribution in [0.25, 0.3) is 16.6 Å². The molecule has 0 saturated carbocycles. The zero-order valence-electron chi connectivity index (χ0n) is 16.8. The molecule has 30 heavy (non-hydrogen) atoms. The van der Waals surface area contributed by atoms with Gasteiger partial charge in [-0.1, -0.05) is 0 Å². The number of hydrogen-bond acceptors (Lipinski definition) is 6. The summed E-state index contributed by atoms with van der Waals surface area (Å²) in [5, 5.41) is 21.3. The largest absolute Gasteiger partial charge is 0.494 e. The Bertz CT molecular complexity index is 1130.